The highest BCUT2D eigenvalue weighted by molar-refractivity contribution is 5.28. The minimum atomic E-state index is 0.0790. The summed E-state index contributed by atoms with van der Waals surface area (Å²) in [6, 6.07) is 14.8. The zero-order valence-electron chi connectivity index (χ0n) is 11.5. The van der Waals surface area contributed by atoms with Crippen LogP contribution < -0.4 is 5.32 Å². The van der Waals surface area contributed by atoms with Crippen molar-refractivity contribution >= 4 is 0 Å². The van der Waals surface area contributed by atoms with Crippen molar-refractivity contribution in [3.63, 3.8) is 0 Å². The maximum absolute atomic E-state index is 9.61. The molecular formula is C17H20N2O. The van der Waals surface area contributed by atoms with E-state index in [1.807, 2.05) is 30.5 Å². The summed E-state index contributed by atoms with van der Waals surface area (Å²) in [5.74, 6) is 0. The molecule has 1 aromatic heterocycles. The van der Waals surface area contributed by atoms with Gasteiger partial charge in [0, 0.05) is 12.2 Å². The summed E-state index contributed by atoms with van der Waals surface area (Å²) in [6.45, 7) is 0.146. The molecule has 20 heavy (non-hydrogen) atoms. The van der Waals surface area contributed by atoms with Gasteiger partial charge in [-0.25, -0.2) is 0 Å². The van der Waals surface area contributed by atoms with E-state index in [1.165, 1.54) is 11.1 Å². The molecule has 2 N–H and O–H groups in total. The molecule has 0 amide bonds. The fourth-order valence-electron chi connectivity index (χ4n) is 2.93. The lowest BCUT2D eigenvalue weighted by Crippen LogP contribution is -2.37. The number of nitrogens with zero attached hydrogens (tertiary/aromatic N) is 1. The first-order valence-electron chi connectivity index (χ1n) is 7.21. The van der Waals surface area contributed by atoms with Crippen molar-refractivity contribution < 1.29 is 5.11 Å². The fraction of sp³-hybridized carbons (Fsp3) is 0.353. The molecule has 0 fully saturated rings. The first-order chi connectivity index (χ1) is 9.86. The lowest BCUT2D eigenvalue weighted by Gasteiger charge is -2.21. The van der Waals surface area contributed by atoms with Gasteiger partial charge in [-0.3, -0.25) is 4.98 Å². The molecule has 1 unspecified atom stereocenters. The Bertz CT molecular complexity index is 556. The molecule has 3 rings (SSSR count). The molecule has 3 heteroatoms. The summed E-state index contributed by atoms with van der Waals surface area (Å²) >= 11 is 0. The van der Waals surface area contributed by atoms with Crippen molar-refractivity contribution in [1.29, 1.82) is 0 Å². The van der Waals surface area contributed by atoms with E-state index in [2.05, 4.69) is 28.5 Å². The molecule has 0 saturated carbocycles. The van der Waals surface area contributed by atoms with Crippen LogP contribution in [0.5, 0.6) is 0 Å². The van der Waals surface area contributed by atoms with Gasteiger partial charge in [0.1, 0.15) is 0 Å². The summed E-state index contributed by atoms with van der Waals surface area (Å²) in [5, 5.41) is 13.2. The van der Waals surface area contributed by atoms with Gasteiger partial charge in [-0.15, -0.1) is 0 Å². The van der Waals surface area contributed by atoms with Crippen molar-refractivity contribution in [3.8, 4) is 0 Å². The Morgan fingerprint density at radius 3 is 2.85 bits per heavy atom. The third-order valence-electron chi connectivity index (χ3n) is 3.94. The molecule has 0 bridgehead atoms. The number of aromatic nitrogens is 1. The number of fused-ring (bicyclic) bond motifs is 1. The molecule has 0 saturated heterocycles. The number of hydrogen-bond donors (Lipinski definition) is 2. The molecule has 1 aromatic carbocycles. The largest absolute Gasteiger partial charge is 0.395 e. The Hall–Kier alpha value is -1.71. The predicted molar refractivity (Wildman–Crippen MR) is 79.5 cm³/mol. The summed E-state index contributed by atoms with van der Waals surface area (Å²) in [5.41, 5.74) is 3.73. The molecule has 1 heterocycles. The summed E-state index contributed by atoms with van der Waals surface area (Å²) in [6.07, 6.45) is 4.84. The van der Waals surface area contributed by atoms with Crippen molar-refractivity contribution in [2.45, 2.75) is 31.3 Å². The van der Waals surface area contributed by atoms with Crippen LogP contribution in [0, 0.1) is 0 Å². The van der Waals surface area contributed by atoms with Gasteiger partial charge in [0.25, 0.3) is 0 Å². The normalized spacial score (nSPS) is 18.8. The van der Waals surface area contributed by atoms with Crippen LogP contribution >= 0.6 is 0 Å². The van der Waals surface area contributed by atoms with Crippen LogP contribution in [0.3, 0.4) is 0 Å². The SMILES string of the molecule is OC[C@@H](Cc1ccccc1)NC1CCc2cccnc21. The van der Waals surface area contributed by atoms with E-state index < -0.39 is 0 Å². The summed E-state index contributed by atoms with van der Waals surface area (Å²) in [7, 11) is 0. The Morgan fingerprint density at radius 1 is 1.20 bits per heavy atom. The van der Waals surface area contributed by atoms with E-state index in [1.54, 1.807) is 0 Å². The van der Waals surface area contributed by atoms with E-state index in [9.17, 15) is 5.11 Å². The van der Waals surface area contributed by atoms with Crippen LogP contribution in [0.2, 0.25) is 0 Å². The highest BCUT2D eigenvalue weighted by Gasteiger charge is 2.25. The number of aliphatic hydroxyl groups excluding tert-OH is 1. The number of rotatable bonds is 5. The minimum Gasteiger partial charge on any atom is -0.395 e. The van der Waals surface area contributed by atoms with Gasteiger partial charge in [-0.2, -0.15) is 0 Å². The molecule has 0 aliphatic heterocycles. The topological polar surface area (TPSA) is 45.1 Å². The fourth-order valence-corrected chi connectivity index (χ4v) is 2.93. The molecule has 1 aliphatic rings. The van der Waals surface area contributed by atoms with Gasteiger partial charge in [-0.1, -0.05) is 36.4 Å². The van der Waals surface area contributed by atoms with Crippen LogP contribution in [0.4, 0.5) is 0 Å². The van der Waals surface area contributed by atoms with Crippen molar-refractivity contribution in [2.24, 2.45) is 0 Å². The molecule has 1 aliphatic carbocycles. The average Bonchev–Trinajstić information content (AvgIpc) is 2.91. The number of benzene rings is 1. The molecular weight excluding hydrogens is 248 g/mol. The second-order valence-electron chi connectivity index (χ2n) is 5.37. The minimum absolute atomic E-state index is 0.0790. The highest BCUT2D eigenvalue weighted by atomic mass is 16.3. The number of nitrogens with one attached hydrogen (secondary N) is 1. The predicted octanol–water partition coefficient (Wildman–Crippen LogP) is 2.26. The van der Waals surface area contributed by atoms with Gasteiger partial charge in [0.15, 0.2) is 0 Å². The van der Waals surface area contributed by atoms with Crippen LogP contribution in [0.15, 0.2) is 48.7 Å². The number of aliphatic hydroxyl groups is 1. The van der Waals surface area contributed by atoms with Crippen LogP contribution in [-0.2, 0) is 12.8 Å². The van der Waals surface area contributed by atoms with E-state index in [0.717, 1.165) is 25.0 Å². The Labute approximate surface area is 119 Å². The van der Waals surface area contributed by atoms with Crippen molar-refractivity contribution in [3.05, 3.63) is 65.5 Å². The molecule has 0 spiro atoms. The third-order valence-corrected chi connectivity index (χ3v) is 3.94. The van der Waals surface area contributed by atoms with Crippen molar-refractivity contribution in [1.82, 2.24) is 10.3 Å². The monoisotopic (exact) mass is 268 g/mol. The lowest BCUT2D eigenvalue weighted by atomic mass is 10.1. The van der Waals surface area contributed by atoms with Crippen molar-refractivity contribution in [2.75, 3.05) is 6.61 Å². The van der Waals surface area contributed by atoms with Gasteiger partial charge < -0.3 is 10.4 Å². The lowest BCUT2D eigenvalue weighted by molar-refractivity contribution is 0.229. The molecule has 3 nitrogen and oxygen atoms in total. The molecule has 104 valence electrons. The zero-order valence-corrected chi connectivity index (χ0v) is 11.5. The van der Waals surface area contributed by atoms with Gasteiger partial charge in [0.2, 0.25) is 0 Å². The molecule has 2 aromatic rings. The third kappa shape index (κ3) is 2.89. The zero-order chi connectivity index (χ0) is 13.8. The average molecular weight is 268 g/mol. The first-order valence-corrected chi connectivity index (χ1v) is 7.21. The first kappa shape index (κ1) is 13.3. The Kier molecular flexibility index (Phi) is 4.09. The van der Waals surface area contributed by atoms with E-state index >= 15 is 0 Å². The molecule has 0 radical (unpaired) electrons. The van der Waals surface area contributed by atoms with Gasteiger partial charge in [-0.05, 0) is 36.5 Å². The van der Waals surface area contributed by atoms with Crippen LogP contribution in [0.1, 0.15) is 29.3 Å². The number of pyridine rings is 1. The van der Waals surface area contributed by atoms with E-state index in [4.69, 9.17) is 0 Å². The standard InChI is InChI=1S/C17H20N2O/c20-12-15(11-13-5-2-1-3-6-13)19-16-9-8-14-7-4-10-18-17(14)16/h1-7,10,15-16,19-20H,8-9,11-12H2/t15-,16?/m1/s1. The quantitative estimate of drug-likeness (QED) is 0.874. The van der Waals surface area contributed by atoms with Gasteiger partial charge >= 0.3 is 0 Å². The summed E-state index contributed by atoms with van der Waals surface area (Å²) in [4.78, 5) is 4.49. The summed E-state index contributed by atoms with van der Waals surface area (Å²) < 4.78 is 0. The smallest absolute Gasteiger partial charge is 0.0605 e. The maximum atomic E-state index is 9.61. The van der Waals surface area contributed by atoms with E-state index in [-0.39, 0.29) is 18.7 Å². The van der Waals surface area contributed by atoms with Crippen LogP contribution in [0.25, 0.3) is 0 Å². The molecule has 2 atom stereocenters. The Morgan fingerprint density at radius 2 is 2.05 bits per heavy atom. The second-order valence-corrected chi connectivity index (χ2v) is 5.37. The number of aryl methyl sites for hydroxylation is 1. The Balaban J connectivity index is 1.67. The van der Waals surface area contributed by atoms with Crippen LogP contribution in [-0.4, -0.2) is 22.7 Å². The van der Waals surface area contributed by atoms with E-state index in [0.29, 0.717) is 0 Å². The highest BCUT2D eigenvalue weighted by Crippen LogP contribution is 2.29. The van der Waals surface area contributed by atoms with Gasteiger partial charge in [0.05, 0.1) is 18.3 Å². The maximum Gasteiger partial charge on any atom is 0.0605 e. The second kappa shape index (κ2) is 6.16. The number of hydrogen-bond acceptors (Lipinski definition) is 3.